The normalized spacial score (nSPS) is 11.3. The summed E-state index contributed by atoms with van der Waals surface area (Å²) < 4.78 is 46.1. The molecule has 0 heterocycles. The van der Waals surface area contributed by atoms with Crippen molar-refractivity contribution in [3.8, 4) is 23.0 Å². The molecule has 0 saturated heterocycles. The molecular formula is C17H19BrN2O6S. The first-order chi connectivity index (χ1) is 12.9. The highest BCUT2D eigenvalue weighted by atomic mass is 79.9. The van der Waals surface area contributed by atoms with Gasteiger partial charge in [-0.3, -0.25) is 0 Å². The summed E-state index contributed by atoms with van der Waals surface area (Å²) in [6, 6.07) is 7.64. The summed E-state index contributed by atoms with van der Waals surface area (Å²) >= 11 is 3.39. The monoisotopic (exact) mass is 458 g/mol. The zero-order chi connectivity index (χ0) is 20.0. The molecule has 2 aromatic carbocycles. The van der Waals surface area contributed by atoms with Crippen molar-refractivity contribution in [1.29, 1.82) is 0 Å². The fourth-order valence-electron chi connectivity index (χ4n) is 2.21. The molecule has 0 aliphatic heterocycles. The molecule has 27 heavy (non-hydrogen) atoms. The van der Waals surface area contributed by atoms with Crippen molar-refractivity contribution in [3.05, 3.63) is 40.4 Å². The Kier molecular flexibility index (Phi) is 6.92. The molecule has 0 spiro atoms. The summed E-state index contributed by atoms with van der Waals surface area (Å²) in [6.45, 7) is 0. The minimum Gasteiger partial charge on any atom is -0.493 e. The molecule has 0 saturated carbocycles. The van der Waals surface area contributed by atoms with Gasteiger partial charge in [0, 0.05) is 11.6 Å². The summed E-state index contributed by atoms with van der Waals surface area (Å²) in [5, 5.41) is 3.82. The third kappa shape index (κ3) is 4.64. The topological polar surface area (TPSA) is 95.5 Å². The first kappa shape index (κ1) is 20.8. The second kappa shape index (κ2) is 8.96. The molecule has 0 fully saturated rings. The maximum Gasteiger partial charge on any atom is 0.276 e. The van der Waals surface area contributed by atoms with E-state index in [9.17, 15) is 8.42 Å². The molecule has 146 valence electrons. The van der Waals surface area contributed by atoms with Gasteiger partial charge in [-0.15, -0.1) is 0 Å². The van der Waals surface area contributed by atoms with E-state index in [-0.39, 0.29) is 4.90 Å². The predicted octanol–water partition coefficient (Wildman–Crippen LogP) is 2.80. The van der Waals surface area contributed by atoms with E-state index in [0.717, 1.165) is 0 Å². The van der Waals surface area contributed by atoms with Gasteiger partial charge in [-0.05, 0) is 40.2 Å². The lowest BCUT2D eigenvalue weighted by Crippen LogP contribution is -2.18. The van der Waals surface area contributed by atoms with Crippen LogP contribution in [0.5, 0.6) is 23.0 Å². The molecule has 0 aliphatic rings. The van der Waals surface area contributed by atoms with E-state index in [0.29, 0.717) is 33.0 Å². The smallest absolute Gasteiger partial charge is 0.276 e. The lowest BCUT2D eigenvalue weighted by Gasteiger charge is -2.11. The average Bonchev–Trinajstić information content (AvgIpc) is 2.68. The van der Waals surface area contributed by atoms with E-state index in [4.69, 9.17) is 18.9 Å². The largest absolute Gasteiger partial charge is 0.493 e. The summed E-state index contributed by atoms with van der Waals surface area (Å²) in [4.78, 5) is 2.15. The molecular weight excluding hydrogens is 440 g/mol. The number of hydrogen-bond acceptors (Lipinski definition) is 7. The number of nitrogens with zero attached hydrogens (tertiary/aromatic N) is 1. The zero-order valence-electron chi connectivity index (χ0n) is 15.1. The van der Waals surface area contributed by atoms with Crippen LogP contribution in [0.4, 0.5) is 0 Å². The zero-order valence-corrected chi connectivity index (χ0v) is 17.5. The highest BCUT2D eigenvalue weighted by molar-refractivity contribution is 9.10. The van der Waals surface area contributed by atoms with Gasteiger partial charge in [-0.25, -0.2) is 4.83 Å². The van der Waals surface area contributed by atoms with Crippen LogP contribution in [-0.2, 0) is 10.0 Å². The highest BCUT2D eigenvalue weighted by Crippen LogP contribution is 2.36. The molecule has 1 N–H and O–H groups in total. The van der Waals surface area contributed by atoms with Crippen molar-refractivity contribution in [2.75, 3.05) is 28.4 Å². The Bertz CT molecular complexity index is 947. The second-order valence-corrected chi connectivity index (χ2v) is 7.53. The van der Waals surface area contributed by atoms with E-state index in [1.165, 1.54) is 52.9 Å². The molecule has 8 nitrogen and oxygen atoms in total. The summed E-state index contributed by atoms with van der Waals surface area (Å²) in [5.41, 5.74) is 0.600. The number of hydrazone groups is 1. The van der Waals surface area contributed by atoms with Crippen molar-refractivity contribution in [1.82, 2.24) is 4.83 Å². The summed E-state index contributed by atoms with van der Waals surface area (Å²) in [5.74, 6) is 1.73. The van der Waals surface area contributed by atoms with Crippen molar-refractivity contribution in [3.63, 3.8) is 0 Å². The number of nitrogens with one attached hydrogen (secondary N) is 1. The van der Waals surface area contributed by atoms with Crippen LogP contribution >= 0.6 is 15.9 Å². The van der Waals surface area contributed by atoms with Crippen LogP contribution in [0.25, 0.3) is 0 Å². The Morgan fingerprint density at radius 2 is 1.56 bits per heavy atom. The van der Waals surface area contributed by atoms with Crippen LogP contribution in [0, 0.1) is 0 Å². The van der Waals surface area contributed by atoms with Crippen LogP contribution in [0.3, 0.4) is 0 Å². The highest BCUT2D eigenvalue weighted by Gasteiger charge is 2.16. The summed E-state index contributed by atoms with van der Waals surface area (Å²) in [6.07, 6.45) is 1.35. The first-order valence-corrected chi connectivity index (χ1v) is 9.83. The molecule has 2 aromatic rings. The Balaban J connectivity index is 2.25. The van der Waals surface area contributed by atoms with Crippen LogP contribution in [0.2, 0.25) is 0 Å². The minimum atomic E-state index is -3.88. The van der Waals surface area contributed by atoms with Crippen molar-refractivity contribution < 1.29 is 27.4 Å². The lowest BCUT2D eigenvalue weighted by molar-refractivity contribution is 0.353. The standard InChI is InChI=1S/C17H19BrN2O6S/c1-23-13-8-6-12(9-15(13)25-3)27(21,22)20-19-10-11-5-7-14(24-2)17(26-4)16(11)18/h5-10,20H,1-4H3/b19-10+. The maximum absolute atomic E-state index is 12.4. The number of hydrogen-bond donors (Lipinski definition) is 1. The Morgan fingerprint density at radius 3 is 2.15 bits per heavy atom. The van der Waals surface area contributed by atoms with Crippen molar-refractivity contribution >= 4 is 32.2 Å². The minimum absolute atomic E-state index is 0.0105. The molecule has 0 unspecified atom stereocenters. The van der Waals surface area contributed by atoms with Gasteiger partial charge in [0.15, 0.2) is 23.0 Å². The SMILES string of the molecule is COc1ccc(S(=O)(=O)N/N=C/c2ccc(OC)c(OC)c2Br)cc1OC. The van der Waals surface area contributed by atoms with Crippen LogP contribution in [0.1, 0.15) is 5.56 Å². The Morgan fingerprint density at radius 1 is 0.926 bits per heavy atom. The van der Waals surface area contributed by atoms with Gasteiger partial charge in [0.05, 0.1) is 44.0 Å². The van der Waals surface area contributed by atoms with E-state index < -0.39 is 10.0 Å². The fourth-order valence-corrected chi connectivity index (χ4v) is 3.60. The number of methoxy groups -OCH3 is 4. The Labute approximate surface area is 166 Å². The van der Waals surface area contributed by atoms with E-state index in [1.54, 1.807) is 12.1 Å². The number of ether oxygens (including phenoxy) is 4. The van der Waals surface area contributed by atoms with Crippen molar-refractivity contribution in [2.45, 2.75) is 4.90 Å². The first-order valence-electron chi connectivity index (χ1n) is 7.55. The van der Waals surface area contributed by atoms with E-state index >= 15 is 0 Å². The molecule has 0 aliphatic carbocycles. The third-order valence-electron chi connectivity index (χ3n) is 3.56. The maximum atomic E-state index is 12.4. The fraction of sp³-hybridized carbons (Fsp3) is 0.235. The van der Waals surface area contributed by atoms with Crippen molar-refractivity contribution in [2.24, 2.45) is 5.10 Å². The number of rotatable bonds is 8. The lowest BCUT2D eigenvalue weighted by atomic mass is 10.2. The molecule has 0 atom stereocenters. The van der Waals surface area contributed by atoms with Gasteiger partial charge in [-0.1, -0.05) is 0 Å². The van der Waals surface area contributed by atoms with Crippen LogP contribution in [0.15, 0.2) is 44.8 Å². The molecule has 0 bridgehead atoms. The van der Waals surface area contributed by atoms with Gasteiger partial charge in [0.2, 0.25) is 0 Å². The average molecular weight is 459 g/mol. The molecule has 10 heteroatoms. The van der Waals surface area contributed by atoms with E-state index in [2.05, 4.69) is 25.9 Å². The number of benzene rings is 2. The number of sulfonamides is 1. The Hall–Kier alpha value is -2.46. The van der Waals surface area contributed by atoms with Crippen LogP contribution in [-0.4, -0.2) is 43.1 Å². The molecule has 2 rings (SSSR count). The van der Waals surface area contributed by atoms with Gasteiger partial charge in [0.25, 0.3) is 10.0 Å². The summed E-state index contributed by atoms with van der Waals surface area (Å²) in [7, 11) is 2.04. The molecule has 0 amide bonds. The van der Waals surface area contributed by atoms with Crippen LogP contribution < -0.4 is 23.8 Å². The van der Waals surface area contributed by atoms with Gasteiger partial charge < -0.3 is 18.9 Å². The van der Waals surface area contributed by atoms with Gasteiger partial charge in [-0.2, -0.15) is 13.5 Å². The molecule has 0 radical (unpaired) electrons. The van der Waals surface area contributed by atoms with Gasteiger partial charge in [0.1, 0.15) is 0 Å². The third-order valence-corrected chi connectivity index (χ3v) is 5.59. The second-order valence-electron chi connectivity index (χ2n) is 5.07. The quantitative estimate of drug-likeness (QED) is 0.482. The van der Waals surface area contributed by atoms with E-state index in [1.807, 2.05) is 0 Å². The predicted molar refractivity (Wildman–Crippen MR) is 105 cm³/mol. The molecule has 0 aromatic heterocycles. The van der Waals surface area contributed by atoms with Gasteiger partial charge >= 0.3 is 0 Å². The number of halogens is 1.